The maximum Gasteiger partial charge on any atom is 0.329 e. The number of carbonyl (C=O) groups is 4. The number of carbonyl (C=O) groups excluding carboxylic acids is 4. The van der Waals surface area contributed by atoms with Gasteiger partial charge < -0.3 is 29.8 Å². The van der Waals surface area contributed by atoms with Crippen LogP contribution < -0.4 is 30.8 Å². The maximum atomic E-state index is 12.2. The van der Waals surface area contributed by atoms with Gasteiger partial charge in [0, 0.05) is 11.8 Å². The third kappa shape index (κ3) is 7.18. The molecule has 1 aromatic heterocycles. The average molecular weight is 493 g/mol. The minimum atomic E-state index is -1.03. The Kier molecular flexibility index (Phi) is 8.76. The Labute approximate surface area is 205 Å². The zero-order valence-corrected chi connectivity index (χ0v) is 19.4. The second-order valence-electron chi connectivity index (χ2n) is 7.03. The lowest BCUT2D eigenvalue weighted by molar-refractivity contribution is -0.136. The third-order valence-electron chi connectivity index (χ3n) is 4.56. The predicted molar refractivity (Wildman–Crippen MR) is 130 cm³/mol. The first-order valence-corrected chi connectivity index (χ1v) is 10.5. The van der Waals surface area contributed by atoms with Crippen LogP contribution in [0.5, 0.6) is 11.5 Å². The fourth-order valence-electron chi connectivity index (χ4n) is 2.81. The van der Waals surface area contributed by atoms with Crippen LogP contribution in [0.4, 0.5) is 11.4 Å². The number of hydrogen-bond donors (Lipinski definition) is 4. The Bertz CT molecular complexity index is 1270. The molecule has 0 spiro atoms. The van der Waals surface area contributed by atoms with Gasteiger partial charge in [-0.15, -0.1) is 0 Å². The monoisotopic (exact) mass is 493 g/mol. The fourth-order valence-corrected chi connectivity index (χ4v) is 2.81. The first-order valence-electron chi connectivity index (χ1n) is 10.5. The molecule has 0 unspecified atom stereocenters. The molecule has 4 amide bonds. The molecule has 0 saturated carbocycles. The van der Waals surface area contributed by atoms with Crippen LogP contribution in [0, 0.1) is 0 Å². The summed E-state index contributed by atoms with van der Waals surface area (Å²) in [5.41, 5.74) is 2.82. The topological polar surface area (TPSA) is 160 Å². The number of anilines is 2. The second kappa shape index (κ2) is 12.4. The maximum absolute atomic E-state index is 12.2. The van der Waals surface area contributed by atoms with Crippen LogP contribution in [-0.4, -0.2) is 44.1 Å². The molecular formula is C24H23N5O7. The smallest absolute Gasteiger partial charge is 0.329 e. The van der Waals surface area contributed by atoms with Gasteiger partial charge in [-0.25, -0.2) is 5.43 Å². The van der Waals surface area contributed by atoms with Gasteiger partial charge >= 0.3 is 23.6 Å². The van der Waals surface area contributed by atoms with Crippen LogP contribution in [-0.2, 0) is 25.7 Å². The number of para-hydroxylation sites is 1. The van der Waals surface area contributed by atoms with Crippen LogP contribution in [0.25, 0.3) is 0 Å². The molecule has 0 bridgehead atoms. The van der Waals surface area contributed by atoms with Crippen molar-refractivity contribution in [2.24, 2.45) is 5.10 Å². The molecule has 36 heavy (non-hydrogen) atoms. The summed E-state index contributed by atoms with van der Waals surface area (Å²) in [6, 6.07) is 16.4. The van der Waals surface area contributed by atoms with E-state index < -0.39 is 23.6 Å². The van der Waals surface area contributed by atoms with E-state index in [9.17, 15) is 19.2 Å². The third-order valence-corrected chi connectivity index (χ3v) is 4.56. The van der Waals surface area contributed by atoms with Gasteiger partial charge in [0.1, 0.15) is 23.0 Å². The van der Waals surface area contributed by atoms with Gasteiger partial charge in [-0.2, -0.15) is 5.10 Å². The van der Waals surface area contributed by atoms with Crippen molar-refractivity contribution in [3.8, 4) is 11.5 Å². The number of nitrogens with zero attached hydrogens (tertiary/aromatic N) is 1. The van der Waals surface area contributed by atoms with Gasteiger partial charge in [-0.1, -0.05) is 18.2 Å². The molecule has 186 valence electrons. The summed E-state index contributed by atoms with van der Waals surface area (Å²) >= 11 is 0. The molecule has 0 saturated heterocycles. The molecule has 4 N–H and O–H groups in total. The second-order valence-corrected chi connectivity index (χ2v) is 7.03. The van der Waals surface area contributed by atoms with E-state index in [2.05, 4.69) is 26.5 Å². The highest BCUT2D eigenvalue weighted by Gasteiger charge is 2.16. The van der Waals surface area contributed by atoms with E-state index in [0.29, 0.717) is 22.9 Å². The Hall–Kier alpha value is -5.13. The van der Waals surface area contributed by atoms with Crippen LogP contribution >= 0.6 is 0 Å². The van der Waals surface area contributed by atoms with Crippen molar-refractivity contribution in [3.63, 3.8) is 0 Å². The number of benzene rings is 2. The van der Waals surface area contributed by atoms with E-state index in [0.717, 1.165) is 0 Å². The van der Waals surface area contributed by atoms with Crippen LogP contribution in [0.2, 0.25) is 0 Å². The van der Waals surface area contributed by atoms with Gasteiger partial charge in [-0.05, 0) is 36.4 Å². The SMILES string of the molecule is COc1ccc(OC)c(NC(=O)C(=O)N/N=C/c2ccc(CNC(=O)C(=O)Nc3ccccc3)o2)c1. The van der Waals surface area contributed by atoms with Gasteiger partial charge in [0.25, 0.3) is 0 Å². The van der Waals surface area contributed by atoms with Crippen molar-refractivity contribution in [3.05, 3.63) is 72.2 Å². The van der Waals surface area contributed by atoms with Crippen molar-refractivity contribution in [1.29, 1.82) is 0 Å². The van der Waals surface area contributed by atoms with E-state index in [-0.39, 0.29) is 18.0 Å². The van der Waals surface area contributed by atoms with Crippen molar-refractivity contribution in [2.75, 3.05) is 24.9 Å². The molecule has 3 rings (SSSR count). The molecule has 12 nitrogen and oxygen atoms in total. The minimum absolute atomic E-state index is 0.0496. The number of rotatable bonds is 8. The minimum Gasteiger partial charge on any atom is -0.497 e. The lowest BCUT2D eigenvalue weighted by Gasteiger charge is -2.10. The first kappa shape index (κ1) is 25.5. The van der Waals surface area contributed by atoms with E-state index in [1.54, 1.807) is 48.5 Å². The summed E-state index contributed by atoms with van der Waals surface area (Å²) in [6.45, 7) is -0.0496. The summed E-state index contributed by atoms with van der Waals surface area (Å²) in [5, 5.41) is 11.0. The van der Waals surface area contributed by atoms with E-state index in [1.807, 2.05) is 0 Å². The average Bonchev–Trinajstić information content (AvgIpc) is 3.35. The predicted octanol–water partition coefficient (Wildman–Crippen LogP) is 1.64. The van der Waals surface area contributed by atoms with Gasteiger partial charge in [0.05, 0.1) is 32.7 Å². The zero-order valence-electron chi connectivity index (χ0n) is 19.4. The molecule has 0 radical (unpaired) electrons. The highest BCUT2D eigenvalue weighted by molar-refractivity contribution is 6.40. The number of ether oxygens (including phenoxy) is 2. The highest BCUT2D eigenvalue weighted by Crippen LogP contribution is 2.28. The summed E-state index contributed by atoms with van der Waals surface area (Å²) in [5.74, 6) is -2.28. The number of furan rings is 1. The molecule has 12 heteroatoms. The standard InChI is InChI=1S/C24H23N5O7/c1-34-16-10-11-20(35-2)19(12-16)28-23(32)24(33)29-26-14-18-9-8-17(36-18)13-25-21(30)22(31)27-15-6-4-3-5-7-15/h3-12,14H,13H2,1-2H3,(H,25,30)(H,27,31)(H,28,32)(H,29,33)/b26-14+. The number of nitrogens with one attached hydrogen (secondary N) is 4. The summed E-state index contributed by atoms with van der Waals surface area (Å²) in [4.78, 5) is 48.1. The van der Waals surface area contributed by atoms with Crippen molar-refractivity contribution in [1.82, 2.24) is 10.7 Å². The molecule has 3 aromatic rings. The molecule has 2 aromatic carbocycles. The molecule has 0 atom stereocenters. The quantitative estimate of drug-likeness (QED) is 0.211. The Morgan fingerprint density at radius 1 is 0.861 bits per heavy atom. The van der Waals surface area contributed by atoms with Gasteiger partial charge in [0.2, 0.25) is 0 Å². The highest BCUT2D eigenvalue weighted by atomic mass is 16.5. The molecular weight excluding hydrogens is 470 g/mol. The summed E-state index contributed by atoms with van der Waals surface area (Å²) in [6.07, 6.45) is 1.17. The van der Waals surface area contributed by atoms with Gasteiger partial charge in [0.15, 0.2) is 0 Å². The Morgan fingerprint density at radius 3 is 2.33 bits per heavy atom. The lowest BCUT2D eigenvalue weighted by Crippen LogP contribution is -2.34. The van der Waals surface area contributed by atoms with E-state index in [1.165, 1.54) is 32.6 Å². The number of hydrogen-bond acceptors (Lipinski definition) is 8. The summed E-state index contributed by atoms with van der Waals surface area (Å²) < 4.78 is 15.7. The molecule has 1 heterocycles. The lowest BCUT2D eigenvalue weighted by atomic mass is 10.2. The van der Waals surface area contributed by atoms with Gasteiger partial charge in [-0.3, -0.25) is 19.2 Å². The van der Waals surface area contributed by atoms with Crippen LogP contribution in [0.1, 0.15) is 11.5 Å². The Morgan fingerprint density at radius 2 is 1.61 bits per heavy atom. The fraction of sp³-hybridized carbons (Fsp3) is 0.125. The first-order chi connectivity index (χ1) is 17.4. The van der Waals surface area contributed by atoms with E-state index >= 15 is 0 Å². The van der Waals surface area contributed by atoms with E-state index in [4.69, 9.17) is 13.9 Å². The number of hydrazone groups is 1. The van der Waals surface area contributed by atoms with Crippen molar-refractivity contribution in [2.45, 2.75) is 6.54 Å². The molecule has 0 aliphatic rings. The molecule has 0 aliphatic heterocycles. The van der Waals surface area contributed by atoms with Crippen LogP contribution in [0.3, 0.4) is 0 Å². The number of amides is 4. The zero-order chi connectivity index (χ0) is 25.9. The van der Waals surface area contributed by atoms with Crippen molar-refractivity contribution < 1.29 is 33.1 Å². The largest absolute Gasteiger partial charge is 0.497 e. The molecule has 0 aliphatic carbocycles. The van der Waals surface area contributed by atoms with Crippen molar-refractivity contribution >= 4 is 41.2 Å². The number of methoxy groups -OCH3 is 2. The molecule has 0 fully saturated rings. The summed E-state index contributed by atoms with van der Waals surface area (Å²) in [7, 11) is 2.88. The van der Waals surface area contributed by atoms with Crippen LogP contribution in [0.15, 0.2) is 70.2 Å². The normalized spacial score (nSPS) is 10.4. The Balaban J connectivity index is 1.46.